The van der Waals surface area contributed by atoms with Gasteiger partial charge in [0.2, 0.25) is 5.91 Å². The van der Waals surface area contributed by atoms with Gasteiger partial charge in [-0.25, -0.2) is 4.98 Å². The number of carbonyl (C=O) groups is 2. The molecule has 8 nitrogen and oxygen atoms in total. The molecule has 0 saturated heterocycles. The third-order valence-electron chi connectivity index (χ3n) is 2.08. The first-order chi connectivity index (χ1) is 8.91. The summed E-state index contributed by atoms with van der Waals surface area (Å²) >= 11 is 5.60. The molecule has 1 rings (SSSR count). The summed E-state index contributed by atoms with van der Waals surface area (Å²) in [5.41, 5.74) is -0.603. The van der Waals surface area contributed by atoms with Crippen LogP contribution in [0.1, 0.15) is 17.3 Å². The van der Waals surface area contributed by atoms with Crippen LogP contribution in [-0.2, 0) is 4.79 Å². The number of nitrogens with zero attached hydrogens (tertiary/aromatic N) is 2. The first-order valence-electron chi connectivity index (χ1n) is 5.24. The van der Waals surface area contributed by atoms with Gasteiger partial charge in [0, 0.05) is 20.0 Å². The highest BCUT2D eigenvalue weighted by Gasteiger charge is 2.20. The summed E-state index contributed by atoms with van der Waals surface area (Å²) < 4.78 is 0. The highest BCUT2D eigenvalue weighted by molar-refractivity contribution is 6.29. The van der Waals surface area contributed by atoms with E-state index < -0.39 is 16.5 Å². The zero-order chi connectivity index (χ0) is 14.4. The van der Waals surface area contributed by atoms with Crippen LogP contribution in [0.25, 0.3) is 0 Å². The van der Waals surface area contributed by atoms with E-state index in [4.69, 9.17) is 11.6 Å². The van der Waals surface area contributed by atoms with Gasteiger partial charge in [0.15, 0.2) is 0 Å². The average molecular weight is 287 g/mol. The van der Waals surface area contributed by atoms with Crippen LogP contribution in [0.4, 0.5) is 5.69 Å². The van der Waals surface area contributed by atoms with E-state index in [2.05, 4.69) is 15.6 Å². The molecule has 1 aromatic rings. The van der Waals surface area contributed by atoms with Gasteiger partial charge in [0.05, 0.1) is 4.92 Å². The molecule has 0 fully saturated rings. The van der Waals surface area contributed by atoms with Gasteiger partial charge in [0.1, 0.15) is 16.9 Å². The molecular formula is C10H11ClN4O4. The van der Waals surface area contributed by atoms with Crippen molar-refractivity contribution < 1.29 is 14.5 Å². The Labute approximate surface area is 113 Å². The molecule has 0 radical (unpaired) electrons. The molecule has 0 bridgehead atoms. The predicted octanol–water partition coefficient (Wildman–Crippen LogP) is 0.509. The molecule has 9 heteroatoms. The maximum atomic E-state index is 11.8. The number of halogens is 1. The molecule has 0 aliphatic rings. The van der Waals surface area contributed by atoms with Crippen LogP contribution in [0, 0.1) is 10.1 Å². The first-order valence-corrected chi connectivity index (χ1v) is 5.62. The molecule has 19 heavy (non-hydrogen) atoms. The Bertz CT molecular complexity index is 520. The predicted molar refractivity (Wildman–Crippen MR) is 66.9 cm³/mol. The van der Waals surface area contributed by atoms with Gasteiger partial charge >= 0.3 is 0 Å². The molecule has 2 N–H and O–H groups in total. The van der Waals surface area contributed by atoms with Crippen molar-refractivity contribution in [1.82, 2.24) is 15.6 Å². The number of carbonyl (C=O) groups excluding carboxylic acids is 2. The number of hydrogen-bond donors (Lipinski definition) is 2. The van der Waals surface area contributed by atoms with Gasteiger partial charge in [-0.1, -0.05) is 11.6 Å². The average Bonchev–Trinajstić information content (AvgIpc) is 2.33. The minimum Gasteiger partial charge on any atom is -0.355 e. The van der Waals surface area contributed by atoms with Crippen LogP contribution >= 0.6 is 11.6 Å². The molecule has 0 unspecified atom stereocenters. The Balaban J connectivity index is 2.73. The van der Waals surface area contributed by atoms with Crippen LogP contribution in [0.15, 0.2) is 12.3 Å². The highest BCUT2D eigenvalue weighted by Crippen LogP contribution is 2.19. The van der Waals surface area contributed by atoms with Crippen molar-refractivity contribution in [2.45, 2.75) is 6.92 Å². The minimum absolute atomic E-state index is 0.0161. The molecule has 102 valence electrons. The third-order valence-corrected chi connectivity index (χ3v) is 2.28. The maximum absolute atomic E-state index is 11.8. The van der Waals surface area contributed by atoms with Gasteiger partial charge in [0.25, 0.3) is 11.6 Å². The lowest BCUT2D eigenvalue weighted by Crippen LogP contribution is -2.33. The lowest BCUT2D eigenvalue weighted by atomic mass is 10.2. The molecule has 0 aliphatic heterocycles. The molecule has 1 heterocycles. The van der Waals surface area contributed by atoms with Crippen molar-refractivity contribution >= 4 is 29.1 Å². The van der Waals surface area contributed by atoms with Crippen LogP contribution < -0.4 is 10.6 Å². The Morgan fingerprint density at radius 3 is 2.63 bits per heavy atom. The van der Waals surface area contributed by atoms with Crippen molar-refractivity contribution in [3.63, 3.8) is 0 Å². The van der Waals surface area contributed by atoms with Gasteiger partial charge < -0.3 is 10.6 Å². The molecule has 2 amide bonds. The molecule has 1 aromatic heterocycles. The van der Waals surface area contributed by atoms with E-state index in [1.165, 1.54) is 6.92 Å². The van der Waals surface area contributed by atoms with Crippen LogP contribution in [0.5, 0.6) is 0 Å². The molecule has 0 aliphatic carbocycles. The van der Waals surface area contributed by atoms with E-state index in [1.807, 2.05) is 0 Å². The first kappa shape index (κ1) is 14.8. The van der Waals surface area contributed by atoms with Crippen LogP contribution in [0.2, 0.25) is 5.15 Å². The van der Waals surface area contributed by atoms with E-state index in [9.17, 15) is 19.7 Å². The standard InChI is InChI=1S/C10H11ClN4O4/c1-6(16)12-2-3-13-10(17)7-4-9(11)14-5-8(7)15(18)19/h4-5H,2-3H2,1H3,(H,12,16)(H,13,17). The fourth-order valence-corrected chi connectivity index (χ4v) is 1.42. The number of nitrogens with one attached hydrogen (secondary N) is 2. The van der Waals surface area contributed by atoms with Crippen molar-refractivity contribution in [1.29, 1.82) is 0 Å². The lowest BCUT2D eigenvalue weighted by molar-refractivity contribution is -0.385. The van der Waals surface area contributed by atoms with E-state index in [1.54, 1.807) is 0 Å². The van der Waals surface area contributed by atoms with Crippen molar-refractivity contribution in [3.8, 4) is 0 Å². The van der Waals surface area contributed by atoms with Crippen LogP contribution in [0.3, 0.4) is 0 Å². The molecule has 0 atom stereocenters. The zero-order valence-corrected chi connectivity index (χ0v) is 10.7. The molecular weight excluding hydrogens is 276 g/mol. The largest absolute Gasteiger partial charge is 0.355 e. The normalized spacial score (nSPS) is 9.79. The SMILES string of the molecule is CC(=O)NCCNC(=O)c1cc(Cl)ncc1[N+](=O)[O-]. The third kappa shape index (κ3) is 4.51. The lowest BCUT2D eigenvalue weighted by Gasteiger charge is -2.06. The summed E-state index contributed by atoms with van der Waals surface area (Å²) in [4.78, 5) is 35.9. The fraction of sp³-hybridized carbons (Fsp3) is 0.300. The number of amides is 2. The number of rotatable bonds is 5. The Morgan fingerprint density at radius 1 is 1.42 bits per heavy atom. The van der Waals surface area contributed by atoms with Gasteiger partial charge in [-0.05, 0) is 6.07 Å². The van der Waals surface area contributed by atoms with Crippen LogP contribution in [-0.4, -0.2) is 34.8 Å². The van der Waals surface area contributed by atoms with E-state index >= 15 is 0 Å². The number of aromatic nitrogens is 1. The second kappa shape index (κ2) is 6.64. The Morgan fingerprint density at radius 2 is 2.05 bits per heavy atom. The minimum atomic E-state index is -0.716. The summed E-state index contributed by atoms with van der Waals surface area (Å²) in [6.07, 6.45) is 0.922. The van der Waals surface area contributed by atoms with Gasteiger partial charge in [-0.3, -0.25) is 19.7 Å². The summed E-state index contributed by atoms with van der Waals surface area (Å²) in [6, 6.07) is 1.12. The molecule has 0 saturated carbocycles. The second-order valence-electron chi connectivity index (χ2n) is 3.52. The van der Waals surface area contributed by atoms with Gasteiger partial charge in [-0.15, -0.1) is 0 Å². The van der Waals surface area contributed by atoms with Crippen molar-refractivity contribution in [3.05, 3.63) is 33.1 Å². The summed E-state index contributed by atoms with van der Waals surface area (Å²) in [6.45, 7) is 1.72. The number of nitro groups is 1. The Hall–Kier alpha value is -2.22. The molecule has 0 aromatic carbocycles. The smallest absolute Gasteiger partial charge is 0.300 e. The summed E-state index contributed by atoms with van der Waals surface area (Å²) in [7, 11) is 0. The second-order valence-corrected chi connectivity index (χ2v) is 3.91. The summed E-state index contributed by atoms with van der Waals surface area (Å²) in [5, 5.41) is 15.6. The van der Waals surface area contributed by atoms with Gasteiger partial charge in [-0.2, -0.15) is 0 Å². The van der Waals surface area contributed by atoms with Crippen molar-refractivity contribution in [2.75, 3.05) is 13.1 Å². The topological polar surface area (TPSA) is 114 Å². The highest BCUT2D eigenvalue weighted by atomic mass is 35.5. The van der Waals surface area contributed by atoms with E-state index in [0.717, 1.165) is 12.3 Å². The summed E-state index contributed by atoms with van der Waals surface area (Å²) in [5.74, 6) is -0.881. The monoisotopic (exact) mass is 286 g/mol. The fourth-order valence-electron chi connectivity index (χ4n) is 1.26. The quantitative estimate of drug-likeness (QED) is 0.354. The van der Waals surface area contributed by atoms with E-state index in [-0.39, 0.29) is 29.7 Å². The maximum Gasteiger partial charge on any atom is 0.300 e. The van der Waals surface area contributed by atoms with E-state index in [0.29, 0.717) is 0 Å². The molecule has 0 spiro atoms. The van der Waals surface area contributed by atoms with Crippen molar-refractivity contribution in [2.24, 2.45) is 0 Å². The number of hydrogen-bond acceptors (Lipinski definition) is 5. The Kier molecular flexibility index (Phi) is 5.19. The zero-order valence-electron chi connectivity index (χ0n) is 9.97. The number of pyridine rings is 1.